The lowest BCUT2D eigenvalue weighted by Crippen LogP contribution is -2.55. The number of halogens is 1. The number of guanidine groups is 1. The fourth-order valence-corrected chi connectivity index (χ4v) is 3.84. The van der Waals surface area contributed by atoms with Crippen LogP contribution >= 0.6 is 24.0 Å². The summed E-state index contributed by atoms with van der Waals surface area (Å²) in [6.45, 7) is 9.45. The molecular formula is C22H36IN5O2. The fourth-order valence-electron chi connectivity index (χ4n) is 3.84. The summed E-state index contributed by atoms with van der Waals surface area (Å²) >= 11 is 0. The summed E-state index contributed by atoms with van der Waals surface area (Å²) in [5, 5.41) is 3.41. The van der Waals surface area contributed by atoms with Crippen molar-refractivity contribution in [2.45, 2.75) is 39.3 Å². The second-order valence-electron chi connectivity index (χ2n) is 7.99. The number of hydrogen-bond donors (Lipinski definition) is 1. The number of ether oxygens (including phenoxy) is 1. The Bertz CT molecular complexity index is 726. The Morgan fingerprint density at radius 2 is 1.93 bits per heavy atom. The third-order valence-electron chi connectivity index (χ3n) is 5.67. The van der Waals surface area contributed by atoms with E-state index in [1.54, 1.807) is 0 Å². The molecule has 0 spiro atoms. The van der Waals surface area contributed by atoms with Crippen molar-refractivity contribution in [1.82, 2.24) is 15.1 Å². The first-order valence-corrected chi connectivity index (χ1v) is 10.7. The maximum Gasteiger partial charge on any atom is 0.251 e. The van der Waals surface area contributed by atoms with Gasteiger partial charge in [0, 0.05) is 59.1 Å². The zero-order valence-corrected chi connectivity index (χ0v) is 21.0. The normalized spacial score (nSPS) is 19.5. The molecule has 2 heterocycles. The summed E-state index contributed by atoms with van der Waals surface area (Å²) in [5.74, 6) is 1.08. The van der Waals surface area contributed by atoms with E-state index in [9.17, 15) is 4.79 Å². The van der Waals surface area contributed by atoms with Crippen LogP contribution in [0.1, 0.15) is 30.9 Å². The molecular weight excluding hydrogens is 493 g/mol. The Morgan fingerprint density at radius 1 is 1.23 bits per heavy atom. The van der Waals surface area contributed by atoms with Crippen LogP contribution in [0.2, 0.25) is 0 Å². The van der Waals surface area contributed by atoms with Gasteiger partial charge in [0.25, 0.3) is 5.91 Å². The van der Waals surface area contributed by atoms with Crippen molar-refractivity contribution >= 4 is 41.5 Å². The van der Waals surface area contributed by atoms with Gasteiger partial charge in [0.1, 0.15) is 6.10 Å². The van der Waals surface area contributed by atoms with Crippen molar-refractivity contribution in [1.29, 1.82) is 0 Å². The van der Waals surface area contributed by atoms with Crippen LogP contribution in [-0.2, 0) is 16.1 Å². The monoisotopic (exact) mass is 529 g/mol. The lowest BCUT2D eigenvalue weighted by molar-refractivity contribution is -0.142. The number of aliphatic imine (C=N–C) groups is 1. The van der Waals surface area contributed by atoms with E-state index >= 15 is 0 Å². The van der Waals surface area contributed by atoms with Crippen LogP contribution in [0.4, 0.5) is 5.69 Å². The highest BCUT2D eigenvalue weighted by molar-refractivity contribution is 14.0. The summed E-state index contributed by atoms with van der Waals surface area (Å²) in [7, 11) is 4.11. The number of benzene rings is 1. The first kappa shape index (κ1) is 24.7. The molecule has 2 aliphatic heterocycles. The molecule has 2 aliphatic rings. The van der Waals surface area contributed by atoms with Crippen LogP contribution in [0.5, 0.6) is 0 Å². The minimum absolute atomic E-state index is 0. The Kier molecular flexibility index (Phi) is 9.67. The SMILES string of the molecule is CCNC(=NCc1ccc(N(C)C)cc1C)N1CCN(C(=O)C2CCCO2)CC1.I. The number of piperazine rings is 1. The number of rotatable bonds is 5. The third-order valence-corrected chi connectivity index (χ3v) is 5.67. The molecule has 1 N–H and O–H groups in total. The first-order chi connectivity index (χ1) is 14.0. The highest BCUT2D eigenvalue weighted by Gasteiger charge is 2.30. The molecule has 2 fully saturated rings. The largest absolute Gasteiger partial charge is 0.378 e. The van der Waals surface area contributed by atoms with E-state index in [2.05, 4.69) is 61.3 Å². The van der Waals surface area contributed by atoms with Gasteiger partial charge in [-0.2, -0.15) is 0 Å². The Balaban J connectivity index is 0.00000320. The Morgan fingerprint density at radius 3 is 2.50 bits per heavy atom. The minimum Gasteiger partial charge on any atom is -0.378 e. The highest BCUT2D eigenvalue weighted by Crippen LogP contribution is 2.19. The smallest absolute Gasteiger partial charge is 0.251 e. The van der Waals surface area contributed by atoms with E-state index < -0.39 is 0 Å². The standard InChI is InChI=1S/C22H35N5O2.HI/c1-5-23-22(24-16-18-8-9-19(25(3)4)15-17(18)2)27-12-10-26(11-13-27)21(28)20-7-6-14-29-20;/h8-9,15,20H,5-7,10-14,16H2,1-4H3,(H,23,24);1H. The summed E-state index contributed by atoms with van der Waals surface area (Å²) in [5.41, 5.74) is 3.69. The third kappa shape index (κ3) is 6.23. The molecule has 2 saturated heterocycles. The second kappa shape index (κ2) is 11.7. The van der Waals surface area contributed by atoms with E-state index in [0.717, 1.165) is 51.5 Å². The highest BCUT2D eigenvalue weighted by atomic mass is 127. The molecule has 1 unspecified atom stereocenters. The molecule has 8 heteroatoms. The van der Waals surface area contributed by atoms with Crippen LogP contribution in [0.3, 0.4) is 0 Å². The molecule has 0 bridgehead atoms. The molecule has 1 aromatic carbocycles. The van der Waals surface area contributed by atoms with E-state index in [1.165, 1.54) is 16.8 Å². The van der Waals surface area contributed by atoms with E-state index in [1.807, 2.05) is 4.90 Å². The van der Waals surface area contributed by atoms with Gasteiger partial charge in [0.2, 0.25) is 0 Å². The zero-order chi connectivity index (χ0) is 20.8. The predicted octanol–water partition coefficient (Wildman–Crippen LogP) is 2.47. The molecule has 30 heavy (non-hydrogen) atoms. The van der Waals surface area contributed by atoms with E-state index in [-0.39, 0.29) is 36.0 Å². The van der Waals surface area contributed by atoms with Crippen molar-refractivity contribution in [3.8, 4) is 0 Å². The maximum atomic E-state index is 12.6. The molecule has 0 aromatic heterocycles. The number of carbonyl (C=O) groups is 1. The average Bonchev–Trinajstić information content (AvgIpc) is 3.26. The van der Waals surface area contributed by atoms with Gasteiger partial charge in [-0.05, 0) is 49.9 Å². The van der Waals surface area contributed by atoms with E-state index in [0.29, 0.717) is 13.2 Å². The van der Waals surface area contributed by atoms with Gasteiger partial charge in [-0.15, -0.1) is 24.0 Å². The molecule has 1 atom stereocenters. The van der Waals surface area contributed by atoms with Gasteiger partial charge in [-0.1, -0.05) is 6.07 Å². The maximum absolute atomic E-state index is 12.6. The number of hydrogen-bond acceptors (Lipinski definition) is 4. The van der Waals surface area contributed by atoms with Crippen LogP contribution in [0, 0.1) is 6.92 Å². The zero-order valence-electron chi connectivity index (χ0n) is 18.7. The molecule has 0 radical (unpaired) electrons. The fraction of sp³-hybridized carbons (Fsp3) is 0.636. The summed E-state index contributed by atoms with van der Waals surface area (Å²) in [6, 6.07) is 6.50. The lowest BCUT2D eigenvalue weighted by Gasteiger charge is -2.37. The van der Waals surface area contributed by atoms with E-state index in [4.69, 9.17) is 9.73 Å². The quantitative estimate of drug-likeness (QED) is 0.361. The topological polar surface area (TPSA) is 60.4 Å². The van der Waals surface area contributed by atoms with Gasteiger partial charge in [0.05, 0.1) is 6.54 Å². The van der Waals surface area contributed by atoms with Crippen molar-refractivity contribution in [3.05, 3.63) is 29.3 Å². The molecule has 168 valence electrons. The first-order valence-electron chi connectivity index (χ1n) is 10.7. The number of nitrogens with zero attached hydrogens (tertiary/aromatic N) is 4. The number of anilines is 1. The van der Waals surface area contributed by atoms with Crippen LogP contribution in [-0.4, -0.2) is 81.2 Å². The van der Waals surface area contributed by atoms with Crippen LogP contribution < -0.4 is 10.2 Å². The molecule has 0 saturated carbocycles. The van der Waals surface area contributed by atoms with Gasteiger partial charge in [-0.25, -0.2) is 4.99 Å². The number of amides is 1. The number of nitrogens with one attached hydrogen (secondary N) is 1. The lowest BCUT2D eigenvalue weighted by atomic mass is 10.1. The van der Waals surface area contributed by atoms with Crippen molar-refractivity contribution in [2.24, 2.45) is 4.99 Å². The summed E-state index contributed by atoms with van der Waals surface area (Å²) in [6.07, 6.45) is 1.62. The summed E-state index contributed by atoms with van der Waals surface area (Å²) in [4.78, 5) is 23.8. The Hall–Kier alpha value is -1.55. The molecule has 1 amide bonds. The van der Waals surface area contributed by atoms with Crippen molar-refractivity contribution in [2.75, 3.05) is 58.3 Å². The molecule has 1 aromatic rings. The van der Waals surface area contributed by atoms with Crippen LogP contribution in [0.15, 0.2) is 23.2 Å². The summed E-state index contributed by atoms with van der Waals surface area (Å²) < 4.78 is 5.56. The molecule has 7 nitrogen and oxygen atoms in total. The van der Waals surface area contributed by atoms with Crippen molar-refractivity contribution in [3.63, 3.8) is 0 Å². The predicted molar refractivity (Wildman–Crippen MR) is 133 cm³/mol. The minimum atomic E-state index is -0.225. The van der Waals surface area contributed by atoms with Crippen LogP contribution in [0.25, 0.3) is 0 Å². The second-order valence-corrected chi connectivity index (χ2v) is 7.99. The molecule has 0 aliphatic carbocycles. The van der Waals surface area contributed by atoms with Gasteiger partial charge >= 0.3 is 0 Å². The van der Waals surface area contributed by atoms with Crippen molar-refractivity contribution < 1.29 is 9.53 Å². The van der Waals surface area contributed by atoms with Gasteiger partial charge in [-0.3, -0.25) is 4.79 Å². The van der Waals surface area contributed by atoms with Gasteiger partial charge in [0.15, 0.2) is 5.96 Å². The number of carbonyl (C=O) groups excluding carboxylic acids is 1. The van der Waals surface area contributed by atoms with Gasteiger partial charge < -0.3 is 24.8 Å². The molecule has 3 rings (SSSR count). The Labute approximate surface area is 197 Å². The average molecular weight is 529 g/mol. The number of aryl methyl sites for hydroxylation is 1.